The quantitative estimate of drug-likeness (QED) is 0.803. The molecule has 2 aromatic carbocycles. The minimum atomic E-state index is -0.259. The van der Waals surface area contributed by atoms with E-state index in [1.54, 1.807) is 7.05 Å². The number of aryl methyl sites for hydroxylation is 2. The summed E-state index contributed by atoms with van der Waals surface area (Å²) in [6.07, 6.45) is 0. The van der Waals surface area contributed by atoms with Crippen LogP contribution in [0.15, 0.2) is 54.2 Å². The van der Waals surface area contributed by atoms with Crippen molar-refractivity contribution in [2.75, 3.05) is 18.5 Å². The molecular weight excluding hydrogens is 312 g/mol. The second-order valence-corrected chi connectivity index (χ2v) is 6.29. The highest BCUT2D eigenvalue weighted by molar-refractivity contribution is 6.36. The number of benzene rings is 2. The lowest BCUT2D eigenvalue weighted by molar-refractivity contribution is -0.135. The first-order chi connectivity index (χ1) is 12.0. The number of hydrogen-bond acceptors (Lipinski definition) is 3. The fraction of sp³-hybridized carbons (Fsp3) is 0.238. The van der Waals surface area contributed by atoms with E-state index in [2.05, 4.69) is 0 Å². The zero-order chi connectivity index (χ0) is 18.1. The van der Waals surface area contributed by atoms with Crippen LogP contribution >= 0.6 is 0 Å². The van der Waals surface area contributed by atoms with Crippen LogP contribution in [0.4, 0.5) is 5.69 Å². The lowest BCUT2D eigenvalue weighted by atomic mass is 9.97. The van der Waals surface area contributed by atoms with Crippen LogP contribution in [0.3, 0.4) is 0 Å². The van der Waals surface area contributed by atoms with E-state index in [-0.39, 0.29) is 11.8 Å². The summed E-state index contributed by atoms with van der Waals surface area (Å²) in [7, 11) is 1.54. The van der Waals surface area contributed by atoms with Crippen LogP contribution in [-0.4, -0.2) is 30.3 Å². The molecule has 0 bridgehead atoms. The highest BCUT2D eigenvalue weighted by Crippen LogP contribution is 2.34. The van der Waals surface area contributed by atoms with Crippen LogP contribution in [-0.2, 0) is 9.59 Å². The smallest absolute Gasteiger partial charge is 0.277 e. The highest BCUT2D eigenvalue weighted by atomic mass is 16.2. The largest absolute Gasteiger partial charge is 0.337 e. The van der Waals surface area contributed by atoms with E-state index in [0.29, 0.717) is 17.8 Å². The predicted octanol–water partition coefficient (Wildman–Crippen LogP) is 3.54. The van der Waals surface area contributed by atoms with Crippen molar-refractivity contribution in [3.8, 4) is 0 Å². The molecule has 4 heteroatoms. The third kappa shape index (κ3) is 2.84. The van der Waals surface area contributed by atoms with Crippen molar-refractivity contribution >= 4 is 23.1 Å². The molecule has 3 rings (SSSR count). The van der Waals surface area contributed by atoms with Gasteiger partial charge in [-0.05, 0) is 44.0 Å². The molecule has 1 heterocycles. The summed E-state index contributed by atoms with van der Waals surface area (Å²) in [5.41, 5.74) is 4.78. The number of imide groups is 1. The van der Waals surface area contributed by atoms with Gasteiger partial charge in [-0.3, -0.25) is 14.5 Å². The summed E-state index contributed by atoms with van der Waals surface area (Å²) in [6.45, 7) is 6.57. The summed E-state index contributed by atoms with van der Waals surface area (Å²) in [5, 5.41) is 0. The zero-order valence-corrected chi connectivity index (χ0v) is 15.0. The highest BCUT2D eigenvalue weighted by Gasteiger charge is 2.40. The number of hydrogen-bond donors (Lipinski definition) is 0. The predicted molar refractivity (Wildman–Crippen MR) is 100 cm³/mol. The SMILES string of the molecule is CCN(C1=C(c2ccc(C)cc2C)C(=O)N(C)C1=O)c1ccccc1. The Bertz CT molecular complexity index is 869. The van der Waals surface area contributed by atoms with Gasteiger partial charge in [-0.15, -0.1) is 0 Å². The fourth-order valence-corrected chi connectivity index (χ4v) is 3.29. The number of amides is 2. The first kappa shape index (κ1) is 17.0. The second-order valence-electron chi connectivity index (χ2n) is 6.29. The lowest BCUT2D eigenvalue weighted by Gasteiger charge is -2.24. The molecule has 1 aliphatic heterocycles. The van der Waals surface area contributed by atoms with Gasteiger partial charge in [0.2, 0.25) is 0 Å². The van der Waals surface area contributed by atoms with Crippen molar-refractivity contribution in [3.63, 3.8) is 0 Å². The fourth-order valence-electron chi connectivity index (χ4n) is 3.29. The Kier molecular flexibility index (Phi) is 4.45. The number of likely N-dealkylation sites (N-methyl/N-ethyl adjacent to an activating group) is 2. The first-order valence-electron chi connectivity index (χ1n) is 8.42. The van der Waals surface area contributed by atoms with E-state index in [1.165, 1.54) is 4.90 Å². The van der Waals surface area contributed by atoms with Crippen LogP contribution in [0.2, 0.25) is 0 Å². The molecule has 0 aromatic heterocycles. The molecule has 4 nitrogen and oxygen atoms in total. The standard InChI is InChI=1S/C21H22N2O2/c1-5-23(16-9-7-6-8-10-16)19-18(20(24)22(4)21(19)25)17-12-11-14(2)13-15(17)3/h6-13H,5H2,1-4H3. The molecule has 25 heavy (non-hydrogen) atoms. The molecule has 0 atom stereocenters. The first-order valence-corrected chi connectivity index (χ1v) is 8.42. The number of carbonyl (C=O) groups excluding carboxylic acids is 2. The summed E-state index contributed by atoms with van der Waals surface area (Å²) in [5.74, 6) is -0.507. The van der Waals surface area contributed by atoms with Gasteiger partial charge in [0.25, 0.3) is 11.8 Å². The zero-order valence-electron chi connectivity index (χ0n) is 15.0. The van der Waals surface area contributed by atoms with Crippen LogP contribution in [0.25, 0.3) is 5.57 Å². The summed E-state index contributed by atoms with van der Waals surface area (Å²) >= 11 is 0. The van der Waals surface area contributed by atoms with Gasteiger partial charge in [-0.1, -0.05) is 42.0 Å². The van der Waals surface area contributed by atoms with Gasteiger partial charge >= 0.3 is 0 Å². The Morgan fingerprint density at radius 1 is 0.960 bits per heavy atom. The van der Waals surface area contributed by atoms with Crippen LogP contribution in [0, 0.1) is 13.8 Å². The maximum Gasteiger partial charge on any atom is 0.277 e. The molecule has 2 amide bonds. The number of carbonyl (C=O) groups is 2. The van der Waals surface area contributed by atoms with Crippen LogP contribution in [0.1, 0.15) is 23.6 Å². The average Bonchev–Trinajstić information content (AvgIpc) is 2.82. The molecule has 128 valence electrons. The third-order valence-corrected chi connectivity index (χ3v) is 4.57. The van der Waals surface area contributed by atoms with Gasteiger partial charge in [0.05, 0.1) is 5.57 Å². The van der Waals surface area contributed by atoms with Crippen molar-refractivity contribution < 1.29 is 9.59 Å². The number of anilines is 1. The molecule has 0 aliphatic carbocycles. The van der Waals surface area contributed by atoms with Crippen molar-refractivity contribution in [3.05, 3.63) is 70.9 Å². The maximum absolute atomic E-state index is 12.9. The molecule has 2 aromatic rings. The van der Waals surface area contributed by atoms with Crippen molar-refractivity contribution in [1.82, 2.24) is 4.90 Å². The van der Waals surface area contributed by atoms with Gasteiger partial charge in [0, 0.05) is 19.3 Å². The number of para-hydroxylation sites is 1. The summed E-state index contributed by atoms with van der Waals surface area (Å²) in [6, 6.07) is 15.6. The number of nitrogens with zero attached hydrogens (tertiary/aromatic N) is 2. The van der Waals surface area contributed by atoms with Crippen molar-refractivity contribution in [2.45, 2.75) is 20.8 Å². The van der Waals surface area contributed by atoms with E-state index in [0.717, 1.165) is 22.4 Å². The lowest BCUT2D eigenvalue weighted by Crippen LogP contribution is -2.32. The van der Waals surface area contributed by atoms with E-state index in [4.69, 9.17) is 0 Å². The van der Waals surface area contributed by atoms with Gasteiger partial charge < -0.3 is 4.90 Å². The number of rotatable bonds is 4. The molecular formula is C21H22N2O2. The minimum absolute atomic E-state index is 0.249. The van der Waals surface area contributed by atoms with Gasteiger partial charge in [-0.2, -0.15) is 0 Å². The van der Waals surface area contributed by atoms with E-state index < -0.39 is 0 Å². The van der Waals surface area contributed by atoms with E-state index >= 15 is 0 Å². The van der Waals surface area contributed by atoms with Crippen LogP contribution in [0.5, 0.6) is 0 Å². The van der Waals surface area contributed by atoms with Gasteiger partial charge in [0.1, 0.15) is 5.70 Å². The van der Waals surface area contributed by atoms with Crippen molar-refractivity contribution in [1.29, 1.82) is 0 Å². The van der Waals surface area contributed by atoms with E-state index in [9.17, 15) is 9.59 Å². The van der Waals surface area contributed by atoms with Gasteiger partial charge in [-0.25, -0.2) is 0 Å². The topological polar surface area (TPSA) is 40.6 Å². The monoisotopic (exact) mass is 334 g/mol. The summed E-state index contributed by atoms with van der Waals surface area (Å²) in [4.78, 5) is 28.8. The Balaban J connectivity index is 2.25. The Morgan fingerprint density at radius 2 is 1.64 bits per heavy atom. The molecule has 0 unspecified atom stereocenters. The van der Waals surface area contributed by atoms with Crippen LogP contribution < -0.4 is 4.90 Å². The normalized spacial score (nSPS) is 14.5. The molecule has 1 aliphatic rings. The Labute approximate surface area is 148 Å². The second kappa shape index (κ2) is 6.55. The van der Waals surface area contributed by atoms with E-state index in [1.807, 2.05) is 74.2 Å². The molecule has 0 fully saturated rings. The molecule has 0 saturated heterocycles. The molecule has 0 spiro atoms. The molecule has 0 saturated carbocycles. The Morgan fingerprint density at radius 3 is 2.24 bits per heavy atom. The summed E-state index contributed by atoms with van der Waals surface area (Å²) < 4.78 is 0. The van der Waals surface area contributed by atoms with Crippen molar-refractivity contribution in [2.24, 2.45) is 0 Å². The third-order valence-electron chi connectivity index (χ3n) is 4.57. The Hall–Kier alpha value is -2.88. The minimum Gasteiger partial charge on any atom is -0.337 e. The average molecular weight is 334 g/mol. The molecule has 0 radical (unpaired) electrons. The van der Waals surface area contributed by atoms with Gasteiger partial charge in [0.15, 0.2) is 0 Å². The molecule has 0 N–H and O–H groups in total. The maximum atomic E-state index is 12.9.